The predicted octanol–water partition coefficient (Wildman–Crippen LogP) is 2.22. The van der Waals surface area contributed by atoms with Gasteiger partial charge in [-0.15, -0.1) is 0 Å². The summed E-state index contributed by atoms with van der Waals surface area (Å²) in [6.45, 7) is 0. The van der Waals surface area contributed by atoms with Crippen LogP contribution in [0.15, 0.2) is 23.2 Å². The van der Waals surface area contributed by atoms with Crippen LogP contribution in [-0.4, -0.2) is 11.0 Å². The van der Waals surface area contributed by atoms with Crippen molar-refractivity contribution >= 4 is 29.1 Å². The SMILES string of the molecule is O=C=Nc1cccc(Cl)c1[N+](=O)[O-]. The molecule has 0 aliphatic heterocycles. The van der Waals surface area contributed by atoms with Crippen LogP contribution in [0.5, 0.6) is 0 Å². The second-order valence-corrected chi connectivity index (χ2v) is 2.47. The normalized spacial score (nSPS) is 9.00. The highest BCUT2D eigenvalue weighted by Crippen LogP contribution is 2.33. The lowest BCUT2D eigenvalue weighted by atomic mass is 10.3. The summed E-state index contributed by atoms with van der Waals surface area (Å²) in [6.07, 6.45) is 1.22. The molecule has 0 saturated heterocycles. The molecule has 0 unspecified atom stereocenters. The van der Waals surface area contributed by atoms with Gasteiger partial charge in [0.2, 0.25) is 6.08 Å². The van der Waals surface area contributed by atoms with Gasteiger partial charge >= 0.3 is 5.69 Å². The summed E-state index contributed by atoms with van der Waals surface area (Å²) >= 11 is 5.53. The molecule has 0 spiro atoms. The van der Waals surface area contributed by atoms with Crippen LogP contribution in [0.25, 0.3) is 0 Å². The standard InChI is InChI=1S/C7H3ClN2O3/c8-5-2-1-3-6(9-4-11)7(5)10(12)13/h1-3H. The fourth-order valence-electron chi connectivity index (χ4n) is 0.824. The number of nitrogens with zero attached hydrogens (tertiary/aromatic N) is 2. The van der Waals surface area contributed by atoms with E-state index >= 15 is 0 Å². The Hall–Kier alpha value is -1.71. The number of carbonyl (C=O) groups excluding carboxylic acids is 1. The number of para-hydroxylation sites is 1. The van der Waals surface area contributed by atoms with Gasteiger partial charge in [-0.25, -0.2) is 4.79 Å². The number of nitro groups is 1. The van der Waals surface area contributed by atoms with Crippen LogP contribution in [0.1, 0.15) is 0 Å². The minimum absolute atomic E-state index is 0.0542. The van der Waals surface area contributed by atoms with E-state index in [0.717, 1.165) is 0 Å². The smallest absolute Gasteiger partial charge is 0.258 e. The molecule has 0 saturated carbocycles. The number of rotatable bonds is 2. The Morgan fingerprint density at radius 3 is 2.77 bits per heavy atom. The molecule has 0 bridgehead atoms. The third-order valence-electron chi connectivity index (χ3n) is 1.31. The van der Waals surface area contributed by atoms with Gasteiger partial charge in [0, 0.05) is 0 Å². The van der Waals surface area contributed by atoms with E-state index in [2.05, 4.69) is 4.99 Å². The monoisotopic (exact) mass is 198 g/mol. The number of halogens is 1. The first-order valence-corrected chi connectivity index (χ1v) is 3.55. The van der Waals surface area contributed by atoms with Gasteiger partial charge in [0.05, 0.1) is 4.92 Å². The molecule has 0 aliphatic rings. The van der Waals surface area contributed by atoms with E-state index in [-0.39, 0.29) is 16.4 Å². The number of hydrogen-bond donors (Lipinski definition) is 0. The van der Waals surface area contributed by atoms with Crippen LogP contribution >= 0.6 is 11.6 Å². The zero-order chi connectivity index (χ0) is 9.84. The molecule has 0 heterocycles. The zero-order valence-corrected chi connectivity index (χ0v) is 6.99. The van der Waals surface area contributed by atoms with E-state index in [1.54, 1.807) is 0 Å². The van der Waals surface area contributed by atoms with Gasteiger partial charge in [-0.3, -0.25) is 10.1 Å². The molecule has 0 radical (unpaired) electrons. The lowest BCUT2D eigenvalue weighted by Gasteiger charge is -1.96. The highest BCUT2D eigenvalue weighted by molar-refractivity contribution is 6.33. The molecule has 5 nitrogen and oxygen atoms in total. The summed E-state index contributed by atoms with van der Waals surface area (Å²) in [5.41, 5.74) is -0.472. The molecule has 0 N–H and O–H groups in total. The van der Waals surface area contributed by atoms with E-state index in [9.17, 15) is 14.9 Å². The second kappa shape index (κ2) is 3.80. The Morgan fingerprint density at radius 2 is 2.23 bits per heavy atom. The van der Waals surface area contributed by atoms with E-state index in [1.165, 1.54) is 24.3 Å². The molecule has 0 aliphatic carbocycles. The molecule has 13 heavy (non-hydrogen) atoms. The third kappa shape index (κ3) is 1.90. The maximum Gasteiger partial charge on any atom is 0.314 e. The van der Waals surface area contributed by atoms with Crippen molar-refractivity contribution < 1.29 is 9.72 Å². The van der Waals surface area contributed by atoms with Crippen molar-refractivity contribution in [3.8, 4) is 0 Å². The predicted molar refractivity (Wildman–Crippen MR) is 45.9 cm³/mol. The van der Waals surface area contributed by atoms with Crippen LogP contribution in [0.4, 0.5) is 11.4 Å². The zero-order valence-electron chi connectivity index (χ0n) is 6.23. The summed E-state index contributed by atoms with van der Waals surface area (Å²) in [6, 6.07) is 4.13. The lowest BCUT2D eigenvalue weighted by molar-refractivity contribution is -0.383. The first-order chi connectivity index (χ1) is 6.16. The second-order valence-electron chi connectivity index (χ2n) is 2.07. The number of benzene rings is 1. The average molecular weight is 199 g/mol. The highest BCUT2D eigenvalue weighted by atomic mass is 35.5. The van der Waals surface area contributed by atoms with Gasteiger partial charge < -0.3 is 0 Å². The Bertz CT molecular complexity index is 399. The molecular formula is C7H3ClN2O3. The van der Waals surface area contributed by atoms with Gasteiger partial charge in [-0.05, 0) is 12.1 Å². The number of aliphatic imine (C=N–C) groups is 1. The summed E-state index contributed by atoms with van der Waals surface area (Å²) in [7, 11) is 0. The fourth-order valence-corrected chi connectivity index (χ4v) is 1.06. The van der Waals surface area contributed by atoms with Crippen molar-refractivity contribution in [2.45, 2.75) is 0 Å². The molecular weight excluding hydrogens is 196 g/mol. The van der Waals surface area contributed by atoms with Gasteiger partial charge in [-0.2, -0.15) is 4.99 Å². The average Bonchev–Trinajstić information content (AvgIpc) is 2.04. The maximum atomic E-state index is 10.4. The van der Waals surface area contributed by atoms with Gasteiger partial charge in [0.25, 0.3) is 0 Å². The maximum absolute atomic E-state index is 10.4. The molecule has 1 aromatic carbocycles. The third-order valence-corrected chi connectivity index (χ3v) is 1.62. The van der Waals surface area contributed by atoms with Gasteiger partial charge in [0.1, 0.15) is 5.02 Å². The van der Waals surface area contributed by atoms with Crippen LogP contribution in [0, 0.1) is 10.1 Å². The molecule has 0 aromatic heterocycles. The molecule has 0 fully saturated rings. The Balaban J connectivity index is 3.42. The first-order valence-electron chi connectivity index (χ1n) is 3.17. The Morgan fingerprint density at radius 1 is 1.54 bits per heavy atom. The molecule has 1 aromatic rings. The van der Waals surface area contributed by atoms with Crippen molar-refractivity contribution in [3.63, 3.8) is 0 Å². The van der Waals surface area contributed by atoms with Crippen molar-refractivity contribution in [2.24, 2.45) is 4.99 Å². The van der Waals surface area contributed by atoms with Crippen molar-refractivity contribution in [1.82, 2.24) is 0 Å². The van der Waals surface area contributed by atoms with Gasteiger partial charge in [0.15, 0.2) is 5.69 Å². The highest BCUT2D eigenvalue weighted by Gasteiger charge is 2.17. The minimum atomic E-state index is -0.696. The van der Waals surface area contributed by atoms with E-state index in [4.69, 9.17) is 11.6 Å². The summed E-state index contributed by atoms with van der Waals surface area (Å²) < 4.78 is 0. The minimum Gasteiger partial charge on any atom is -0.258 e. The summed E-state index contributed by atoms with van der Waals surface area (Å²) in [5, 5.41) is 10.4. The Kier molecular flexibility index (Phi) is 2.74. The van der Waals surface area contributed by atoms with Crippen molar-refractivity contribution in [3.05, 3.63) is 33.3 Å². The largest absolute Gasteiger partial charge is 0.314 e. The molecule has 0 amide bonds. The van der Waals surface area contributed by atoms with Crippen LogP contribution in [-0.2, 0) is 4.79 Å². The number of nitro benzene ring substituents is 1. The Labute approximate surface area is 77.8 Å². The number of hydrogen-bond acceptors (Lipinski definition) is 4. The molecule has 6 heteroatoms. The quantitative estimate of drug-likeness (QED) is 0.317. The van der Waals surface area contributed by atoms with Crippen molar-refractivity contribution in [1.29, 1.82) is 0 Å². The fraction of sp³-hybridized carbons (Fsp3) is 0. The summed E-state index contributed by atoms with van der Waals surface area (Å²) in [5.74, 6) is 0. The van der Waals surface area contributed by atoms with E-state index in [1.807, 2.05) is 0 Å². The van der Waals surface area contributed by atoms with E-state index in [0.29, 0.717) is 0 Å². The first kappa shape index (κ1) is 9.38. The molecule has 66 valence electrons. The van der Waals surface area contributed by atoms with Crippen molar-refractivity contribution in [2.75, 3.05) is 0 Å². The van der Waals surface area contributed by atoms with Crippen LogP contribution in [0.2, 0.25) is 5.02 Å². The van der Waals surface area contributed by atoms with Crippen LogP contribution < -0.4 is 0 Å². The van der Waals surface area contributed by atoms with E-state index < -0.39 is 4.92 Å². The molecule has 1 rings (SSSR count). The number of isocyanates is 1. The molecule has 0 atom stereocenters. The van der Waals surface area contributed by atoms with Gasteiger partial charge in [-0.1, -0.05) is 17.7 Å². The summed E-state index contributed by atoms with van der Waals surface area (Å²) in [4.78, 5) is 22.8. The van der Waals surface area contributed by atoms with Crippen LogP contribution in [0.3, 0.4) is 0 Å². The lowest BCUT2D eigenvalue weighted by Crippen LogP contribution is -1.89. The topological polar surface area (TPSA) is 72.6 Å².